The van der Waals surface area contributed by atoms with Crippen molar-refractivity contribution in [2.24, 2.45) is 0 Å². The first kappa shape index (κ1) is 20.6. The summed E-state index contributed by atoms with van der Waals surface area (Å²) in [6, 6.07) is 17.3. The number of benzene rings is 2. The van der Waals surface area contributed by atoms with Crippen LogP contribution in [0.1, 0.15) is 86.2 Å². The lowest BCUT2D eigenvalue weighted by Gasteiger charge is -2.29. The van der Waals surface area contributed by atoms with E-state index in [1.54, 1.807) is 0 Å². The first-order valence-corrected chi connectivity index (χ1v) is 10.8. The van der Waals surface area contributed by atoms with Crippen molar-refractivity contribution in [3.8, 4) is 0 Å². The van der Waals surface area contributed by atoms with Gasteiger partial charge in [-0.2, -0.15) is 0 Å². The summed E-state index contributed by atoms with van der Waals surface area (Å²) >= 11 is 0. The van der Waals surface area contributed by atoms with Crippen LogP contribution in [0.3, 0.4) is 0 Å². The van der Waals surface area contributed by atoms with Gasteiger partial charge in [-0.3, -0.25) is 0 Å². The Morgan fingerprint density at radius 2 is 1.39 bits per heavy atom. The molecule has 0 saturated carbocycles. The molecule has 0 bridgehead atoms. The molecular weight excluding hydrogens is 348 g/mol. The van der Waals surface area contributed by atoms with Crippen molar-refractivity contribution < 1.29 is 14.3 Å². The fourth-order valence-electron chi connectivity index (χ4n) is 3.88. The molecule has 1 aliphatic heterocycles. The zero-order chi connectivity index (χ0) is 19.7. The van der Waals surface area contributed by atoms with Crippen LogP contribution < -0.4 is 0 Å². The van der Waals surface area contributed by atoms with E-state index in [9.17, 15) is 4.79 Å². The molecule has 150 valence electrons. The lowest BCUT2D eigenvalue weighted by molar-refractivity contribution is -0.174. The third-order valence-electron chi connectivity index (χ3n) is 5.45. The molecule has 1 heterocycles. The number of esters is 1. The fraction of sp³-hybridized carbons (Fsp3) is 0.480. The monoisotopic (exact) mass is 380 g/mol. The predicted molar refractivity (Wildman–Crippen MR) is 112 cm³/mol. The van der Waals surface area contributed by atoms with E-state index < -0.39 is 5.79 Å². The van der Waals surface area contributed by atoms with E-state index in [1.165, 1.54) is 44.9 Å². The Hall–Kier alpha value is -2.13. The molecule has 3 rings (SSSR count). The van der Waals surface area contributed by atoms with E-state index >= 15 is 0 Å². The van der Waals surface area contributed by atoms with Crippen molar-refractivity contribution in [2.45, 2.75) is 70.5 Å². The molecule has 0 radical (unpaired) electrons. The standard InChI is InChI=1S/C25H32O3/c1-2-3-4-5-6-7-8-9-15-20-27-25(21-16-11-10-12-17-21)23-19-14-13-18-22(23)24(26)28-25/h10-14,16-19H,2-9,15,20H2,1H3. The highest BCUT2D eigenvalue weighted by Gasteiger charge is 2.48. The van der Waals surface area contributed by atoms with E-state index in [0.717, 1.165) is 24.0 Å². The Labute approximate surface area is 169 Å². The predicted octanol–water partition coefficient (Wildman–Crippen LogP) is 6.61. The molecule has 28 heavy (non-hydrogen) atoms. The number of carbonyl (C=O) groups excluding carboxylic acids is 1. The highest BCUT2D eigenvalue weighted by Crippen LogP contribution is 2.42. The molecule has 2 aromatic rings. The number of unbranched alkanes of at least 4 members (excludes halogenated alkanes) is 8. The summed E-state index contributed by atoms with van der Waals surface area (Å²) in [4.78, 5) is 12.4. The van der Waals surface area contributed by atoms with Gasteiger partial charge in [0.15, 0.2) is 0 Å². The Kier molecular flexibility index (Phi) is 7.67. The number of hydrogen-bond acceptors (Lipinski definition) is 3. The second-order valence-electron chi connectivity index (χ2n) is 7.59. The topological polar surface area (TPSA) is 35.5 Å². The zero-order valence-electron chi connectivity index (χ0n) is 17.0. The van der Waals surface area contributed by atoms with Gasteiger partial charge < -0.3 is 9.47 Å². The van der Waals surface area contributed by atoms with Crippen LogP contribution in [0.25, 0.3) is 0 Å². The number of rotatable bonds is 12. The summed E-state index contributed by atoms with van der Waals surface area (Å²) < 4.78 is 12.1. The minimum absolute atomic E-state index is 0.313. The number of cyclic esters (lactones) is 1. The van der Waals surface area contributed by atoms with E-state index in [1.807, 2.05) is 54.6 Å². The van der Waals surface area contributed by atoms with E-state index in [0.29, 0.717) is 12.2 Å². The van der Waals surface area contributed by atoms with Crippen LogP contribution in [-0.2, 0) is 15.3 Å². The van der Waals surface area contributed by atoms with Gasteiger partial charge in [-0.05, 0) is 12.5 Å². The van der Waals surface area contributed by atoms with Crippen LogP contribution in [-0.4, -0.2) is 12.6 Å². The summed E-state index contributed by atoms with van der Waals surface area (Å²) in [5.74, 6) is -1.43. The van der Waals surface area contributed by atoms with Crippen LogP contribution >= 0.6 is 0 Å². The third kappa shape index (κ3) is 4.82. The van der Waals surface area contributed by atoms with Crippen molar-refractivity contribution in [1.29, 1.82) is 0 Å². The van der Waals surface area contributed by atoms with Gasteiger partial charge in [-0.1, -0.05) is 107 Å². The minimum Gasteiger partial charge on any atom is -0.420 e. The maximum absolute atomic E-state index is 12.4. The Bertz CT molecular complexity index is 740. The van der Waals surface area contributed by atoms with Crippen LogP contribution in [0.2, 0.25) is 0 Å². The highest BCUT2D eigenvalue weighted by molar-refractivity contribution is 5.95. The SMILES string of the molecule is CCCCCCCCCCCOC1(c2ccccc2)OC(=O)c2ccccc21. The van der Waals surface area contributed by atoms with Crippen molar-refractivity contribution in [1.82, 2.24) is 0 Å². The van der Waals surface area contributed by atoms with Gasteiger partial charge in [-0.25, -0.2) is 4.79 Å². The molecule has 0 amide bonds. The molecule has 0 N–H and O–H groups in total. The molecule has 1 aliphatic rings. The van der Waals surface area contributed by atoms with Crippen molar-refractivity contribution in [3.05, 3.63) is 71.3 Å². The van der Waals surface area contributed by atoms with Crippen LogP contribution in [0.15, 0.2) is 54.6 Å². The van der Waals surface area contributed by atoms with Gasteiger partial charge in [0.2, 0.25) is 0 Å². The first-order chi connectivity index (χ1) is 13.8. The second-order valence-corrected chi connectivity index (χ2v) is 7.59. The summed E-state index contributed by atoms with van der Waals surface area (Å²) in [7, 11) is 0. The summed E-state index contributed by atoms with van der Waals surface area (Å²) in [5.41, 5.74) is 2.27. The smallest absolute Gasteiger partial charge is 0.341 e. The molecule has 3 nitrogen and oxygen atoms in total. The van der Waals surface area contributed by atoms with Crippen molar-refractivity contribution >= 4 is 5.97 Å². The molecule has 0 aromatic heterocycles. The molecule has 3 heteroatoms. The van der Waals surface area contributed by atoms with Crippen LogP contribution in [0.5, 0.6) is 0 Å². The lowest BCUT2D eigenvalue weighted by Crippen LogP contribution is -2.32. The number of hydrogen-bond donors (Lipinski definition) is 0. The first-order valence-electron chi connectivity index (χ1n) is 10.8. The highest BCUT2D eigenvalue weighted by atomic mass is 16.7. The Morgan fingerprint density at radius 1 is 0.786 bits per heavy atom. The zero-order valence-corrected chi connectivity index (χ0v) is 17.0. The Balaban J connectivity index is 1.56. The van der Waals surface area contributed by atoms with E-state index in [-0.39, 0.29) is 5.97 Å². The summed E-state index contributed by atoms with van der Waals surface area (Å²) in [6.07, 6.45) is 11.4. The maximum atomic E-state index is 12.4. The van der Waals surface area contributed by atoms with Gasteiger partial charge in [0.05, 0.1) is 12.2 Å². The largest absolute Gasteiger partial charge is 0.420 e. The lowest BCUT2D eigenvalue weighted by atomic mass is 9.95. The molecule has 1 atom stereocenters. The average molecular weight is 381 g/mol. The van der Waals surface area contributed by atoms with E-state index in [2.05, 4.69) is 6.92 Å². The Morgan fingerprint density at radius 3 is 2.11 bits per heavy atom. The molecule has 0 saturated heterocycles. The fourth-order valence-corrected chi connectivity index (χ4v) is 3.88. The molecule has 0 fully saturated rings. The summed E-state index contributed by atoms with van der Waals surface area (Å²) in [5, 5.41) is 0. The number of ether oxygens (including phenoxy) is 2. The van der Waals surface area contributed by atoms with Crippen LogP contribution in [0, 0.1) is 0 Å². The number of fused-ring (bicyclic) bond motifs is 1. The third-order valence-corrected chi connectivity index (χ3v) is 5.45. The molecule has 0 aliphatic carbocycles. The van der Waals surface area contributed by atoms with Gasteiger partial charge in [0, 0.05) is 11.1 Å². The van der Waals surface area contributed by atoms with Gasteiger partial charge in [-0.15, -0.1) is 0 Å². The number of carbonyl (C=O) groups is 1. The van der Waals surface area contributed by atoms with Crippen molar-refractivity contribution in [2.75, 3.05) is 6.61 Å². The average Bonchev–Trinajstić information content (AvgIpc) is 3.03. The van der Waals surface area contributed by atoms with Gasteiger partial charge >= 0.3 is 5.97 Å². The normalized spacial score (nSPS) is 18.1. The van der Waals surface area contributed by atoms with Crippen molar-refractivity contribution in [3.63, 3.8) is 0 Å². The maximum Gasteiger partial charge on any atom is 0.341 e. The molecule has 2 aromatic carbocycles. The quantitative estimate of drug-likeness (QED) is 0.307. The second kappa shape index (κ2) is 10.4. The van der Waals surface area contributed by atoms with E-state index in [4.69, 9.17) is 9.47 Å². The minimum atomic E-state index is -1.12. The van der Waals surface area contributed by atoms with Gasteiger partial charge in [0.1, 0.15) is 0 Å². The molecule has 1 unspecified atom stereocenters. The molecular formula is C25H32O3. The summed E-state index contributed by atoms with van der Waals surface area (Å²) in [6.45, 7) is 2.83. The van der Waals surface area contributed by atoms with Gasteiger partial charge in [0.25, 0.3) is 5.79 Å². The molecule has 0 spiro atoms. The van der Waals surface area contributed by atoms with Crippen LogP contribution in [0.4, 0.5) is 0 Å².